The van der Waals surface area contributed by atoms with Crippen molar-refractivity contribution in [3.8, 4) is 11.1 Å². The Morgan fingerprint density at radius 2 is 1.73 bits per heavy atom. The normalized spacial score (nSPS) is 16.7. The van der Waals surface area contributed by atoms with E-state index in [1.54, 1.807) is 6.92 Å². The highest BCUT2D eigenvalue weighted by Gasteiger charge is 2.32. The van der Waals surface area contributed by atoms with E-state index in [2.05, 4.69) is 23.6 Å². The number of nitrogens with zero attached hydrogens (tertiary/aromatic N) is 1. The molecule has 1 aliphatic heterocycles. The van der Waals surface area contributed by atoms with Gasteiger partial charge in [0.05, 0.1) is 19.3 Å². The predicted octanol–water partition coefficient (Wildman–Crippen LogP) is 5.01. The van der Waals surface area contributed by atoms with Gasteiger partial charge in [-0.25, -0.2) is 0 Å². The summed E-state index contributed by atoms with van der Waals surface area (Å²) in [7, 11) is 0. The molecule has 0 radical (unpaired) electrons. The number of hydrogen-bond acceptors (Lipinski definition) is 5. The lowest BCUT2D eigenvalue weighted by Gasteiger charge is -2.39. The SMILES string of the molecule is CC(=O)N1c2ccc(-c3ccc(C(=O)NCCOCCN)cc3)cc2[C@H](Nc2ccc(Cl)cc2)C[C@@H]1C. The number of anilines is 2. The maximum absolute atomic E-state index is 12.5. The number of ether oxygens (including phenoxy) is 1. The second kappa shape index (κ2) is 12.2. The monoisotopic (exact) mass is 520 g/mol. The van der Waals surface area contributed by atoms with Crippen molar-refractivity contribution in [3.05, 3.63) is 82.9 Å². The summed E-state index contributed by atoms with van der Waals surface area (Å²) in [4.78, 5) is 26.8. The summed E-state index contributed by atoms with van der Waals surface area (Å²) in [5.41, 5.74) is 10.9. The average Bonchev–Trinajstić information content (AvgIpc) is 2.89. The fourth-order valence-corrected chi connectivity index (χ4v) is 4.87. The van der Waals surface area contributed by atoms with Crippen molar-refractivity contribution >= 4 is 34.8 Å². The first-order valence-corrected chi connectivity index (χ1v) is 12.9. The maximum atomic E-state index is 12.5. The molecule has 37 heavy (non-hydrogen) atoms. The van der Waals surface area contributed by atoms with Gasteiger partial charge < -0.3 is 26.0 Å². The summed E-state index contributed by atoms with van der Waals surface area (Å²) in [5.74, 6) is -0.123. The zero-order chi connectivity index (χ0) is 26.4. The molecule has 0 saturated carbocycles. The number of amides is 2. The van der Waals surface area contributed by atoms with E-state index in [4.69, 9.17) is 22.1 Å². The van der Waals surface area contributed by atoms with Crippen LogP contribution < -0.4 is 21.3 Å². The summed E-state index contributed by atoms with van der Waals surface area (Å²) in [6.45, 7) is 5.47. The highest BCUT2D eigenvalue weighted by molar-refractivity contribution is 6.30. The van der Waals surface area contributed by atoms with Crippen LogP contribution in [0.3, 0.4) is 0 Å². The lowest BCUT2D eigenvalue weighted by atomic mass is 9.88. The molecular weight excluding hydrogens is 488 g/mol. The molecule has 3 aromatic rings. The van der Waals surface area contributed by atoms with E-state index in [1.807, 2.05) is 65.6 Å². The van der Waals surface area contributed by atoms with Gasteiger partial charge in [-0.3, -0.25) is 9.59 Å². The topological polar surface area (TPSA) is 96.7 Å². The fraction of sp³-hybridized carbons (Fsp3) is 0.310. The molecule has 0 aromatic heterocycles. The molecule has 0 aliphatic carbocycles. The Labute approximate surface area is 222 Å². The second-order valence-corrected chi connectivity index (χ2v) is 9.62. The van der Waals surface area contributed by atoms with Crippen molar-refractivity contribution in [2.24, 2.45) is 5.73 Å². The number of carbonyl (C=O) groups excluding carboxylic acids is 2. The molecule has 0 bridgehead atoms. The Bertz CT molecular complexity index is 1230. The van der Waals surface area contributed by atoms with Gasteiger partial charge in [-0.2, -0.15) is 0 Å². The molecule has 4 rings (SSSR count). The minimum Gasteiger partial charge on any atom is -0.378 e. The number of fused-ring (bicyclic) bond motifs is 1. The molecule has 0 unspecified atom stereocenters. The van der Waals surface area contributed by atoms with Crippen LogP contribution >= 0.6 is 11.6 Å². The van der Waals surface area contributed by atoms with E-state index in [-0.39, 0.29) is 23.9 Å². The third-order valence-corrected chi connectivity index (χ3v) is 6.73. The highest BCUT2D eigenvalue weighted by Crippen LogP contribution is 2.41. The summed E-state index contributed by atoms with van der Waals surface area (Å²) in [5, 5.41) is 7.16. The van der Waals surface area contributed by atoms with Crippen LogP contribution in [0, 0.1) is 0 Å². The lowest BCUT2D eigenvalue weighted by molar-refractivity contribution is -0.117. The van der Waals surface area contributed by atoms with E-state index >= 15 is 0 Å². The average molecular weight is 521 g/mol. The van der Waals surface area contributed by atoms with Crippen molar-refractivity contribution < 1.29 is 14.3 Å². The first-order chi connectivity index (χ1) is 17.9. The van der Waals surface area contributed by atoms with E-state index in [0.717, 1.165) is 34.5 Å². The highest BCUT2D eigenvalue weighted by atomic mass is 35.5. The van der Waals surface area contributed by atoms with Crippen molar-refractivity contribution in [1.82, 2.24) is 5.32 Å². The Balaban J connectivity index is 1.56. The maximum Gasteiger partial charge on any atom is 0.251 e. The van der Waals surface area contributed by atoms with Gasteiger partial charge >= 0.3 is 0 Å². The third kappa shape index (κ3) is 6.49. The van der Waals surface area contributed by atoms with Gasteiger partial charge in [0.2, 0.25) is 5.91 Å². The summed E-state index contributed by atoms with van der Waals surface area (Å²) < 4.78 is 5.30. The van der Waals surface area contributed by atoms with Crippen molar-refractivity contribution in [2.45, 2.75) is 32.4 Å². The van der Waals surface area contributed by atoms with Crippen LogP contribution in [0.5, 0.6) is 0 Å². The number of rotatable bonds is 9. The van der Waals surface area contributed by atoms with Gasteiger partial charge in [0.25, 0.3) is 5.91 Å². The van der Waals surface area contributed by atoms with E-state index in [1.165, 1.54) is 0 Å². The Morgan fingerprint density at radius 3 is 2.41 bits per heavy atom. The van der Waals surface area contributed by atoms with Gasteiger partial charge in [-0.15, -0.1) is 0 Å². The van der Waals surface area contributed by atoms with Gasteiger partial charge in [-0.05, 0) is 78.6 Å². The smallest absolute Gasteiger partial charge is 0.251 e. The first-order valence-electron chi connectivity index (χ1n) is 12.5. The molecule has 194 valence electrons. The van der Waals surface area contributed by atoms with Crippen LogP contribution in [0.2, 0.25) is 5.02 Å². The van der Waals surface area contributed by atoms with Crippen LogP contribution in [0.1, 0.15) is 42.2 Å². The molecule has 2 amide bonds. The minimum atomic E-state index is -0.147. The number of hydrogen-bond donors (Lipinski definition) is 3. The molecule has 0 spiro atoms. The Morgan fingerprint density at radius 1 is 1.03 bits per heavy atom. The van der Waals surface area contributed by atoms with Crippen LogP contribution in [0.15, 0.2) is 66.7 Å². The Kier molecular flexibility index (Phi) is 8.82. The predicted molar refractivity (Wildman–Crippen MR) is 149 cm³/mol. The van der Waals surface area contributed by atoms with Crippen molar-refractivity contribution in [1.29, 1.82) is 0 Å². The zero-order valence-electron chi connectivity index (χ0n) is 21.2. The fourth-order valence-electron chi connectivity index (χ4n) is 4.75. The number of carbonyl (C=O) groups is 2. The first kappa shape index (κ1) is 26.7. The molecule has 3 aromatic carbocycles. The largest absolute Gasteiger partial charge is 0.378 e. The molecule has 2 atom stereocenters. The van der Waals surface area contributed by atoms with Crippen molar-refractivity contribution in [3.63, 3.8) is 0 Å². The van der Waals surface area contributed by atoms with Gasteiger partial charge in [0.15, 0.2) is 0 Å². The van der Waals surface area contributed by atoms with Crippen LogP contribution in [-0.4, -0.2) is 44.2 Å². The van der Waals surface area contributed by atoms with Crippen LogP contribution in [0.4, 0.5) is 11.4 Å². The molecule has 8 heteroatoms. The van der Waals surface area contributed by atoms with E-state index in [9.17, 15) is 9.59 Å². The van der Waals surface area contributed by atoms with E-state index in [0.29, 0.717) is 36.9 Å². The zero-order valence-corrected chi connectivity index (χ0v) is 21.9. The molecule has 7 nitrogen and oxygen atoms in total. The number of halogens is 1. The quantitative estimate of drug-likeness (QED) is 0.345. The van der Waals surface area contributed by atoms with Gasteiger partial charge in [0, 0.05) is 48.0 Å². The molecule has 4 N–H and O–H groups in total. The number of nitrogens with two attached hydrogens (primary N) is 1. The third-order valence-electron chi connectivity index (χ3n) is 6.48. The lowest BCUT2D eigenvalue weighted by Crippen LogP contribution is -2.43. The minimum absolute atomic E-state index is 0.0215. The molecule has 1 heterocycles. The van der Waals surface area contributed by atoms with Gasteiger partial charge in [0.1, 0.15) is 0 Å². The van der Waals surface area contributed by atoms with Crippen LogP contribution in [-0.2, 0) is 9.53 Å². The molecule has 0 saturated heterocycles. The summed E-state index contributed by atoms with van der Waals surface area (Å²) in [6, 6.07) is 21.4. The van der Waals surface area contributed by atoms with Crippen molar-refractivity contribution in [2.75, 3.05) is 36.5 Å². The Hall–Kier alpha value is -3.39. The van der Waals surface area contributed by atoms with E-state index < -0.39 is 0 Å². The van der Waals surface area contributed by atoms with Crippen LogP contribution in [0.25, 0.3) is 11.1 Å². The summed E-state index contributed by atoms with van der Waals surface area (Å²) in [6.07, 6.45) is 0.771. The molecule has 1 aliphatic rings. The summed E-state index contributed by atoms with van der Waals surface area (Å²) >= 11 is 6.07. The number of nitrogens with one attached hydrogen (secondary N) is 2. The van der Waals surface area contributed by atoms with Gasteiger partial charge in [-0.1, -0.05) is 29.8 Å². The molecular formula is C29H33ClN4O3. The molecule has 0 fully saturated rings. The number of benzene rings is 3. The second-order valence-electron chi connectivity index (χ2n) is 9.19. The standard InChI is InChI=1S/C29H33ClN4O3/c1-19-17-27(33-25-10-8-24(30)9-11-25)26-18-23(7-12-28(26)34(19)20(2)35)21-3-5-22(6-4-21)29(36)32-14-16-37-15-13-31/h3-12,18-19,27,33H,13-17,31H2,1-2H3,(H,32,36)/t19-,27+/m0/s1.